The lowest BCUT2D eigenvalue weighted by Crippen LogP contribution is -2.29. The molecular weight excluding hydrogens is 202 g/mol. The molecule has 0 aromatic carbocycles. The fourth-order valence-electron chi connectivity index (χ4n) is 1.57. The first-order valence-electron chi connectivity index (χ1n) is 5.56. The molecule has 0 aliphatic heterocycles. The molecule has 1 heterocycles. The van der Waals surface area contributed by atoms with Crippen molar-refractivity contribution in [3.8, 4) is 0 Å². The van der Waals surface area contributed by atoms with Crippen molar-refractivity contribution >= 4 is 11.7 Å². The van der Waals surface area contributed by atoms with Crippen LogP contribution >= 0.6 is 0 Å². The smallest absolute Gasteiger partial charge is 0.255 e. The van der Waals surface area contributed by atoms with Crippen LogP contribution in [0, 0.1) is 5.41 Å². The van der Waals surface area contributed by atoms with Gasteiger partial charge in [-0.05, 0) is 30.4 Å². The first kappa shape index (κ1) is 10.9. The maximum absolute atomic E-state index is 11.9. The molecule has 1 saturated carbocycles. The van der Waals surface area contributed by atoms with Gasteiger partial charge in [-0.1, -0.05) is 6.92 Å². The normalized spacial score (nSPS) is 16.6. The van der Waals surface area contributed by atoms with E-state index in [-0.39, 0.29) is 5.91 Å². The predicted molar refractivity (Wildman–Crippen MR) is 63.5 cm³/mol. The highest BCUT2D eigenvalue weighted by molar-refractivity contribution is 5.98. The highest BCUT2D eigenvalue weighted by atomic mass is 16.1. The monoisotopic (exact) mass is 219 g/mol. The summed E-state index contributed by atoms with van der Waals surface area (Å²) < 4.78 is 0. The zero-order chi connectivity index (χ0) is 11.6. The van der Waals surface area contributed by atoms with E-state index in [0.717, 1.165) is 6.54 Å². The van der Waals surface area contributed by atoms with Gasteiger partial charge in [0.05, 0.1) is 5.56 Å². The van der Waals surface area contributed by atoms with E-state index in [2.05, 4.69) is 22.5 Å². The summed E-state index contributed by atoms with van der Waals surface area (Å²) in [6.45, 7) is 2.94. The van der Waals surface area contributed by atoms with Crippen molar-refractivity contribution in [3.05, 3.63) is 23.9 Å². The highest BCUT2D eigenvalue weighted by Crippen LogP contribution is 2.44. The van der Waals surface area contributed by atoms with Gasteiger partial charge in [-0.25, -0.2) is 4.98 Å². The third kappa shape index (κ3) is 2.32. The number of aromatic nitrogens is 1. The molecule has 1 aromatic heterocycles. The largest absolute Gasteiger partial charge is 0.372 e. The molecule has 4 heteroatoms. The second-order valence-electron chi connectivity index (χ2n) is 4.64. The van der Waals surface area contributed by atoms with Gasteiger partial charge in [-0.3, -0.25) is 4.79 Å². The van der Waals surface area contributed by atoms with Crippen molar-refractivity contribution in [2.24, 2.45) is 5.41 Å². The van der Waals surface area contributed by atoms with Crippen LogP contribution in [0.5, 0.6) is 0 Å². The lowest BCUT2D eigenvalue weighted by atomic mass is 10.1. The third-order valence-corrected chi connectivity index (χ3v) is 3.07. The number of carbonyl (C=O) groups is 1. The Labute approximate surface area is 95.5 Å². The molecule has 0 unspecified atom stereocenters. The molecule has 16 heavy (non-hydrogen) atoms. The van der Waals surface area contributed by atoms with Crippen LogP contribution in [0.15, 0.2) is 18.3 Å². The fraction of sp³-hybridized carbons (Fsp3) is 0.500. The molecule has 1 aliphatic rings. The number of hydrogen-bond acceptors (Lipinski definition) is 3. The summed E-state index contributed by atoms with van der Waals surface area (Å²) in [7, 11) is 1.77. The number of carbonyl (C=O) groups excluding carboxylic acids is 1. The van der Waals surface area contributed by atoms with Gasteiger partial charge < -0.3 is 10.6 Å². The molecule has 0 saturated heterocycles. The van der Waals surface area contributed by atoms with Crippen molar-refractivity contribution < 1.29 is 4.79 Å². The minimum absolute atomic E-state index is 0.0504. The van der Waals surface area contributed by atoms with Gasteiger partial charge in [0.15, 0.2) is 0 Å². The van der Waals surface area contributed by atoms with Crippen LogP contribution in [0.25, 0.3) is 0 Å². The van der Waals surface area contributed by atoms with Crippen LogP contribution < -0.4 is 10.6 Å². The Morgan fingerprint density at radius 3 is 2.94 bits per heavy atom. The average Bonchev–Trinajstić information content (AvgIpc) is 3.05. The predicted octanol–water partition coefficient (Wildman–Crippen LogP) is 1.65. The van der Waals surface area contributed by atoms with E-state index in [0.29, 0.717) is 16.8 Å². The summed E-state index contributed by atoms with van der Waals surface area (Å²) >= 11 is 0. The van der Waals surface area contributed by atoms with E-state index in [1.165, 1.54) is 12.8 Å². The number of nitrogens with one attached hydrogen (secondary N) is 2. The van der Waals surface area contributed by atoms with E-state index in [1.54, 1.807) is 25.4 Å². The van der Waals surface area contributed by atoms with Crippen molar-refractivity contribution in [3.63, 3.8) is 0 Å². The van der Waals surface area contributed by atoms with E-state index >= 15 is 0 Å². The summed E-state index contributed by atoms with van der Waals surface area (Å²) in [6.07, 6.45) is 4.09. The SMILES string of the molecule is CNc1ncccc1C(=O)NCC1(C)CC1. The zero-order valence-electron chi connectivity index (χ0n) is 9.71. The van der Waals surface area contributed by atoms with Crippen LogP contribution in [0.4, 0.5) is 5.82 Å². The molecule has 2 rings (SSSR count). The van der Waals surface area contributed by atoms with Gasteiger partial charge in [0.1, 0.15) is 5.82 Å². The number of nitrogens with zero attached hydrogens (tertiary/aromatic N) is 1. The maximum atomic E-state index is 11.9. The van der Waals surface area contributed by atoms with Crippen LogP contribution in [0.3, 0.4) is 0 Å². The van der Waals surface area contributed by atoms with E-state index < -0.39 is 0 Å². The molecule has 4 nitrogen and oxygen atoms in total. The fourth-order valence-corrected chi connectivity index (χ4v) is 1.57. The molecule has 0 spiro atoms. The zero-order valence-corrected chi connectivity index (χ0v) is 9.71. The van der Waals surface area contributed by atoms with Gasteiger partial charge in [-0.2, -0.15) is 0 Å². The minimum Gasteiger partial charge on any atom is -0.372 e. The standard InChI is InChI=1S/C12H17N3O/c1-12(5-6-12)8-15-11(16)9-4-3-7-14-10(9)13-2/h3-4,7H,5-6,8H2,1-2H3,(H,13,14)(H,15,16). The summed E-state index contributed by atoms with van der Waals surface area (Å²) in [6, 6.07) is 3.55. The van der Waals surface area contributed by atoms with E-state index in [4.69, 9.17) is 0 Å². The van der Waals surface area contributed by atoms with Crippen molar-refractivity contribution in [1.29, 1.82) is 0 Å². The Kier molecular flexibility index (Phi) is 2.81. The molecule has 1 aromatic rings. The Hall–Kier alpha value is -1.58. The lowest BCUT2D eigenvalue weighted by molar-refractivity contribution is 0.0946. The molecule has 1 amide bonds. The van der Waals surface area contributed by atoms with Crippen LogP contribution in [0.2, 0.25) is 0 Å². The minimum atomic E-state index is -0.0504. The first-order chi connectivity index (χ1) is 7.64. The lowest BCUT2D eigenvalue weighted by Gasteiger charge is -2.11. The molecule has 86 valence electrons. The molecular formula is C12H17N3O. The Morgan fingerprint density at radius 1 is 1.56 bits per heavy atom. The number of anilines is 1. The highest BCUT2D eigenvalue weighted by Gasteiger charge is 2.37. The van der Waals surface area contributed by atoms with Crippen molar-refractivity contribution in [2.75, 3.05) is 18.9 Å². The van der Waals surface area contributed by atoms with Gasteiger partial charge in [-0.15, -0.1) is 0 Å². The van der Waals surface area contributed by atoms with Crippen molar-refractivity contribution in [1.82, 2.24) is 10.3 Å². The molecule has 1 fully saturated rings. The maximum Gasteiger partial charge on any atom is 0.255 e. The average molecular weight is 219 g/mol. The summed E-state index contributed by atoms with van der Waals surface area (Å²) in [5.74, 6) is 0.575. The first-order valence-corrected chi connectivity index (χ1v) is 5.56. The van der Waals surface area contributed by atoms with Crippen LogP contribution in [0.1, 0.15) is 30.1 Å². The topological polar surface area (TPSA) is 54.0 Å². The number of rotatable bonds is 4. The van der Waals surface area contributed by atoms with Crippen LogP contribution in [-0.2, 0) is 0 Å². The second kappa shape index (κ2) is 4.12. The molecule has 2 N–H and O–H groups in total. The van der Waals surface area contributed by atoms with Gasteiger partial charge >= 0.3 is 0 Å². The second-order valence-corrected chi connectivity index (χ2v) is 4.64. The van der Waals surface area contributed by atoms with Crippen LogP contribution in [-0.4, -0.2) is 24.5 Å². The third-order valence-electron chi connectivity index (χ3n) is 3.07. The van der Waals surface area contributed by atoms with Gasteiger partial charge in [0, 0.05) is 19.8 Å². The Morgan fingerprint density at radius 2 is 2.31 bits per heavy atom. The number of hydrogen-bond donors (Lipinski definition) is 2. The van der Waals surface area contributed by atoms with Crippen molar-refractivity contribution in [2.45, 2.75) is 19.8 Å². The molecule has 1 aliphatic carbocycles. The van der Waals surface area contributed by atoms with Gasteiger partial charge in [0.2, 0.25) is 0 Å². The Balaban J connectivity index is 2.02. The summed E-state index contributed by atoms with van der Waals surface area (Å²) in [5, 5.41) is 5.87. The summed E-state index contributed by atoms with van der Waals surface area (Å²) in [4.78, 5) is 16.0. The Bertz CT molecular complexity index is 399. The number of pyridine rings is 1. The van der Waals surface area contributed by atoms with E-state index in [9.17, 15) is 4.79 Å². The molecule has 0 radical (unpaired) electrons. The summed E-state index contributed by atoms with van der Waals surface area (Å²) in [5.41, 5.74) is 0.937. The van der Waals surface area contributed by atoms with E-state index in [1.807, 2.05) is 0 Å². The van der Waals surface area contributed by atoms with Gasteiger partial charge in [0.25, 0.3) is 5.91 Å². The number of amides is 1. The quantitative estimate of drug-likeness (QED) is 0.809. The molecule has 0 bridgehead atoms. The molecule has 0 atom stereocenters.